The summed E-state index contributed by atoms with van der Waals surface area (Å²) in [6, 6.07) is 0. The SMILES string of the molecule is CC(C)O[P+](=O)OP(=O)(OC(C)C)OC(C)C. The third-order valence-electron chi connectivity index (χ3n) is 1.14. The second-order valence-corrected chi connectivity index (χ2v) is 6.84. The predicted octanol–water partition coefficient (Wildman–Crippen LogP) is 4.04. The maximum atomic E-state index is 12.1. The first kappa shape index (κ1) is 17.2. The Kier molecular flexibility index (Phi) is 7.65. The number of phosphoric ester groups is 1. The smallest absolute Gasteiger partial charge is 0.282 e. The molecule has 0 N–H and O–H groups in total. The lowest BCUT2D eigenvalue weighted by Gasteiger charge is -2.16. The molecule has 102 valence electrons. The van der Waals surface area contributed by atoms with Crippen molar-refractivity contribution in [1.29, 1.82) is 0 Å². The topological polar surface area (TPSA) is 71.1 Å². The molecule has 0 fully saturated rings. The van der Waals surface area contributed by atoms with Crippen LogP contribution >= 0.6 is 16.1 Å². The van der Waals surface area contributed by atoms with Crippen LogP contribution in [0.1, 0.15) is 41.5 Å². The van der Waals surface area contributed by atoms with Crippen LogP contribution in [-0.4, -0.2) is 18.3 Å². The van der Waals surface area contributed by atoms with E-state index in [1.807, 2.05) is 0 Å². The van der Waals surface area contributed by atoms with Gasteiger partial charge in [-0.1, -0.05) is 0 Å². The zero-order valence-electron chi connectivity index (χ0n) is 11.1. The lowest BCUT2D eigenvalue weighted by molar-refractivity contribution is 0.0979. The van der Waals surface area contributed by atoms with Gasteiger partial charge in [0.05, 0.1) is 12.2 Å². The third-order valence-corrected chi connectivity index (χ3v) is 4.43. The molecule has 1 unspecified atom stereocenters. The molecule has 0 aromatic heterocycles. The van der Waals surface area contributed by atoms with Gasteiger partial charge >= 0.3 is 16.1 Å². The van der Waals surface area contributed by atoms with Crippen LogP contribution in [0.2, 0.25) is 0 Å². The molecule has 1 atom stereocenters. The lowest BCUT2D eigenvalue weighted by atomic mass is 10.5. The molecule has 0 radical (unpaired) electrons. The molecule has 0 spiro atoms. The van der Waals surface area contributed by atoms with Crippen molar-refractivity contribution < 1.29 is 27.0 Å². The summed E-state index contributed by atoms with van der Waals surface area (Å²) in [6.45, 7) is 10.1. The van der Waals surface area contributed by atoms with E-state index in [0.29, 0.717) is 0 Å². The first-order valence-electron chi connectivity index (χ1n) is 5.45. The van der Waals surface area contributed by atoms with Crippen molar-refractivity contribution in [2.45, 2.75) is 59.9 Å². The molecule has 6 nitrogen and oxygen atoms in total. The summed E-state index contributed by atoms with van der Waals surface area (Å²) in [7, 11) is -6.38. The van der Waals surface area contributed by atoms with Gasteiger partial charge < -0.3 is 0 Å². The van der Waals surface area contributed by atoms with Crippen LogP contribution in [-0.2, 0) is 27.0 Å². The van der Waals surface area contributed by atoms with Gasteiger partial charge in [0.15, 0.2) is 0 Å². The first-order valence-corrected chi connectivity index (χ1v) is 8.01. The van der Waals surface area contributed by atoms with E-state index in [4.69, 9.17) is 17.9 Å². The van der Waals surface area contributed by atoms with Crippen molar-refractivity contribution in [2.75, 3.05) is 0 Å². The van der Waals surface area contributed by atoms with E-state index < -0.39 is 16.1 Å². The number of rotatable bonds is 8. The van der Waals surface area contributed by atoms with E-state index in [1.54, 1.807) is 41.5 Å². The van der Waals surface area contributed by atoms with Gasteiger partial charge in [-0.05, 0) is 45.9 Å². The predicted molar refractivity (Wildman–Crippen MR) is 65.0 cm³/mol. The van der Waals surface area contributed by atoms with Gasteiger partial charge in [0, 0.05) is 4.57 Å². The van der Waals surface area contributed by atoms with E-state index in [1.165, 1.54) is 0 Å². The molecule has 0 rings (SSSR count). The van der Waals surface area contributed by atoms with Crippen LogP contribution in [0.5, 0.6) is 0 Å². The first-order chi connectivity index (χ1) is 7.64. The van der Waals surface area contributed by atoms with Crippen molar-refractivity contribution >= 4 is 16.1 Å². The number of phosphoric acid groups is 1. The Labute approximate surface area is 104 Å². The zero-order chi connectivity index (χ0) is 13.6. The Hall–Kier alpha value is 0.170. The fourth-order valence-corrected chi connectivity index (χ4v) is 3.39. The monoisotopic (exact) mass is 287 g/mol. The van der Waals surface area contributed by atoms with Crippen LogP contribution in [0.3, 0.4) is 0 Å². The summed E-state index contributed by atoms with van der Waals surface area (Å²) in [4.78, 5) is 0. The van der Waals surface area contributed by atoms with Crippen molar-refractivity contribution in [1.82, 2.24) is 0 Å². The van der Waals surface area contributed by atoms with Gasteiger partial charge in [0.25, 0.3) is 0 Å². The van der Waals surface area contributed by atoms with Gasteiger partial charge in [-0.3, -0.25) is 9.05 Å². The molecule has 0 bridgehead atoms. The summed E-state index contributed by atoms with van der Waals surface area (Å²) in [5, 5.41) is 0. The largest absolute Gasteiger partial charge is 0.708 e. The molecular weight excluding hydrogens is 266 g/mol. The van der Waals surface area contributed by atoms with E-state index in [0.717, 1.165) is 0 Å². The highest BCUT2D eigenvalue weighted by atomic mass is 31.2. The van der Waals surface area contributed by atoms with Crippen molar-refractivity contribution in [3.63, 3.8) is 0 Å². The highest BCUT2D eigenvalue weighted by Gasteiger charge is 2.42. The van der Waals surface area contributed by atoms with E-state index >= 15 is 0 Å². The number of hydrogen-bond acceptors (Lipinski definition) is 6. The molecule has 0 amide bonds. The molecule has 0 aliphatic heterocycles. The average Bonchev–Trinajstić information content (AvgIpc) is 1.95. The van der Waals surface area contributed by atoms with E-state index in [2.05, 4.69) is 0 Å². The fraction of sp³-hybridized carbons (Fsp3) is 1.00. The second-order valence-electron chi connectivity index (χ2n) is 4.21. The van der Waals surface area contributed by atoms with Gasteiger partial charge in [-0.2, -0.15) is 0 Å². The molecule has 0 aliphatic rings. The summed E-state index contributed by atoms with van der Waals surface area (Å²) in [5.41, 5.74) is 0. The molecule has 8 heteroatoms. The highest BCUT2D eigenvalue weighted by molar-refractivity contribution is 7.56. The fourth-order valence-electron chi connectivity index (χ4n) is 0.853. The molecule has 0 saturated carbocycles. The Balaban J connectivity index is 4.58. The normalized spacial score (nSPS) is 13.8. The Morgan fingerprint density at radius 2 is 1.29 bits per heavy atom. The van der Waals surface area contributed by atoms with Gasteiger partial charge in [0.1, 0.15) is 6.10 Å². The van der Waals surface area contributed by atoms with Crippen LogP contribution in [0.15, 0.2) is 0 Å². The van der Waals surface area contributed by atoms with Crippen molar-refractivity contribution in [3.05, 3.63) is 0 Å². The Morgan fingerprint density at radius 3 is 1.59 bits per heavy atom. The molecule has 0 aromatic carbocycles. The molecular formula is C9H21O6P2+. The highest BCUT2D eigenvalue weighted by Crippen LogP contribution is 2.58. The minimum Gasteiger partial charge on any atom is -0.282 e. The minimum absolute atomic E-state index is 0.301. The van der Waals surface area contributed by atoms with Gasteiger partial charge in [0.2, 0.25) is 0 Å². The maximum absolute atomic E-state index is 12.1. The van der Waals surface area contributed by atoms with Crippen LogP contribution in [0, 0.1) is 0 Å². The van der Waals surface area contributed by atoms with Crippen molar-refractivity contribution in [2.24, 2.45) is 0 Å². The molecule has 0 saturated heterocycles. The Bertz CT molecular complexity index is 275. The number of hydrogen-bond donors (Lipinski definition) is 0. The summed E-state index contributed by atoms with van der Waals surface area (Å²) < 4.78 is 43.2. The zero-order valence-corrected chi connectivity index (χ0v) is 12.9. The molecule has 0 heterocycles. The average molecular weight is 287 g/mol. The van der Waals surface area contributed by atoms with E-state index in [-0.39, 0.29) is 18.3 Å². The second kappa shape index (κ2) is 7.57. The molecule has 0 aromatic rings. The standard InChI is InChI=1S/C9H21O6P2/c1-7(2)12-16(10)15-17(11,13-8(3)4)14-9(5)6/h7-9H,1-6H3/q+1. The van der Waals surface area contributed by atoms with Gasteiger partial charge in [-0.25, -0.2) is 4.57 Å². The summed E-state index contributed by atoms with van der Waals surface area (Å²) in [6.07, 6.45) is -1.05. The van der Waals surface area contributed by atoms with Crippen molar-refractivity contribution in [3.8, 4) is 0 Å². The van der Waals surface area contributed by atoms with Crippen LogP contribution < -0.4 is 0 Å². The minimum atomic E-state index is -3.85. The lowest BCUT2D eigenvalue weighted by Crippen LogP contribution is -2.08. The maximum Gasteiger partial charge on any atom is 0.708 e. The molecule has 0 aliphatic carbocycles. The Morgan fingerprint density at radius 1 is 0.882 bits per heavy atom. The third kappa shape index (κ3) is 8.83. The molecule has 17 heavy (non-hydrogen) atoms. The summed E-state index contributed by atoms with van der Waals surface area (Å²) in [5.74, 6) is 0. The van der Waals surface area contributed by atoms with Gasteiger partial charge in [-0.15, -0.1) is 4.52 Å². The van der Waals surface area contributed by atoms with Crippen LogP contribution in [0.25, 0.3) is 0 Å². The van der Waals surface area contributed by atoms with E-state index in [9.17, 15) is 9.13 Å². The van der Waals surface area contributed by atoms with Crippen LogP contribution in [0.4, 0.5) is 0 Å². The quantitative estimate of drug-likeness (QED) is 0.627. The summed E-state index contributed by atoms with van der Waals surface area (Å²) >= 11 is 0.